The number of rotatable bonds is 7. The number of ether oxygens (including phenoxy) is 1. The Morgan fingerprint density at radius 3 is 2.46 bits per heavy atom. The zero-order chi connectivity index (χ0) is 18.3. The highest BCUT2D eigenvalue weighted by atomic mass is 16.5. The first-order valence-electron chi connectivity index (χ1n) is 8.13. The molecule has 3 atom stereocenters. The lowest BCUT2D eigenvalue weighted by atomic mass is 9.88. The summed E-state index contributed by atoms with van der Waals surface area (Å²) in [6.45, 7) is 6.92. The Morgan fingerprint density at radius 1 is 1.38 bits per heavy atom. The van der Waals surface area contributed by atoms with E-state index >= 15 is 0 Å². The van der Waals surface area contributed by atoms with E-state index in [9.17, 15) is 14.7 Å². The predicted octanol–water partition coefficient (Wildman–Crippen LogP) is 1.25. The first-order chi connectivity index (χ1) is 11.3. The number of carbonyl (C=O) groups excluding carboxylic acids is 1. The van der Waals surface area contributed by atoms with Crippen molar-refractivity contribution in [1.82, 2.24) is 10.8 Å². The SMILES string of the molecule is CCC(CC)OC1C=C(C(=O)O)CC(N=C(C)NO)C1NC(C)=O. The summed E-state index contributed by atoms with van der Waals surface area (Å²) < 4.78 is 6.02. The van der Waals surface area contributed by atoms with E-state index in [-0.39, 0.29) is 29.8 Å². The number of carboxylic acids is 1. The molecule has 0 aromatic heterocycles. The fraction of sp³-hybridized carbons (Fsp3) is 0.688. The van der Waals surface area contributed by atoms with Crippen molar-refractivity contribution in [2.24, 2.45) is 4.99 Å². The molecule has 8 nitrogen and oxygen atoms in total. The molecular formula is C16H27N3O5. The second kappa shape index (κ2) is 9.39. The first kappa shape index (κ1) is 20.1. The lowest BCUT2D eigenvalue weighted by Gasteiger charge is -2.36. The number of amidine groups is 1. The minimum absolute atomic E-state index is 0.0441. The number of aliphatic carboxylic acids is 1. The zero-order valence-electron chi connectivity index (χ0n) is 14.6. The van der Waals surface area contributed by atoms with Crippen LogP contribution < -0.4 is 10.8 Å². The molecule has 0 spiro atoms. The summed E-state index contributed by atoms with van der Waals surface area (Å²) in [7, 11) is 0. The fourth-order valence-corrected chi connectivity index (χ4v) is 2.74. The average Bonchev–Trinajstić information content (AvgIpc) is 2.53. The molecule has 0 heterocycles. The number of carboxylic acid groups (broad SMARTS) is 1. The molecule has 24 heavy (non-hydrogen) atoms. The van der Waals surface area contributed by atoms with Crippen molar-refractivity contribution in [2.75, 3.05) is 0 Å². The van der Waals surface area contributed by atoms with Crippen molar-refractivity contribution < 1.29 is 24.6 Å². The molecule has 3 unspecified atom stereocenters. The molecule has 1 amide bonds. The van der Waals surface area contributed by atoms with E-state index in [2.05, 4.69) is 10.3 Å². The van der Waals surface area contributed by atoms with Gasteiger partial charge in [-0.1, -0.05) is 13.8 Å². The molecule has 0 aromatic carbocycles. The number of nitrogens with zero attached hydrogens (tertiary/aromatic N) is 1. The topological polar surface area (TPSA) is 120 Å². The Balaban J connectivity index is 3.21. The van der Waals surface area contributed by atoms with Gasteiger partial charge in [0.1, 0.15) is 5.84 Å². The summed E-state index contributed by atoms with van der Waals surface area (Å²) in [5.41, 5.74) is 2.12. The van der Waals surface area contributed by atoms with Crippen LogP contribution in [0.1, 0.15) is 47.0 Å². The van der Waals surface area contributed by atoms with Gasteiger partial charge in [-0.25, -0.2) is 4.79 Å². The lowest BCUT2D eigenvalue weighted by Crippen LogP contribution is -2.53. The van der Waals surface area contributed by atoms with Crippen molar-refractivity contribution in [3.8, 4) is 0 Å². The summed E-state index contributed by atoms with van der Waals surface area (Å²) >= 11 is 0. The van der Waals surface area contributed by atoms with Crippen LogP contribution in [0.4, 0.5) is 0 Å². The minimum atomic E-state index is -1.04. The van der Waals surface area contributed by atoms with Crippen LogP contribution in [0.25, 0.3) is 0 Å². The maximum absolute atomic E-state index is 11.6. The lowest BCUT2D eigenvalue weighted by molar-refractivity contribution is -0.133. The van der Waals surface area contributed by atoms with Gasteiger partial charge in [-0.3, -0.25) is 20.5 Å². The van der Waals surface area contributed by atoms with Gasteiger partial charge in [0.05, 0.1) is 24.3 Å². The van der Waals surface area contributed by atoms with E-state index in [4.69, 9.17) is 9.94 Å². The Labute approximate surface area is 141 Å². The molecule has 0 fully saturated rings. The van der Waals surface area contributed by atoms with Gasteiger partial charge in [-0.15, -0.1) is 0 Å². The standard InChI is InChI=1S/C16H27N3O5/c1-5-12(6-2)24-14-8-11(16(21)22)7-13(17-9(3)19-23)15(14)18-10(4)20/h8,12-15,23H,5-7H2,1-4H3,(H,17,19)(H,18,20)(H,21,22). The van der Waals surface area contributed by atoms with Crippen LogP contribution in [0, 0.1) is 0 Å². The van der Waals surface area contributed by atoms with Crippen LogP contribution in [0.3, 0.4) is 0 Å². The van der Waals surface area contributed by atoms with Gasteiger partial charge in [0.25, 0.3) is 0 Å². The van der Waals surface area contributed by atoms with Crippen LogP contribution in [-0.2, 0) is 14.3 Å². The summed E-state index contributed by atoms with van der Waals surface area (Å²) in [5, 5.41) is 21.1. The molecule has 136 valence electrons. The first-order valence-corrected chi connectivity index (χ1v) is 8.13. The number of amides is 1. The van der Waals surface area contributed by atoms with Crippen molar-refractivity contribution in [3.63, 3.8) is 0 Å². The van der Waals surface area contributed by atoms with Crippen LogP contribution in [0.5, 0.6) is 0 Å². The Bertz CT molecular complexity index is 514. The molecule has 0 radical (unpaired) electrons. The van der Waals surface area contributed by atoms with Gasteiger partial charge in [0, 0.05) is 18.9 Å². The normalized spacial score (nSPS) is 24.5. The third-order valence-corrected chi connectivity index (χ3v) is 3.99. The second-order valence-corrected chi connectivity index (χ2v) is 5.86. The molecule has 4 N–H and O–H groups in total. The number of aliphatic imine (C=N–C) groups is 1. The number of hydroxylamine groups is 1. The van der Waals surface area contributed by atoms with Gasteiger partial charge < -0.3 is 15.2 Å². The van der Waals surface area contributed by atoms with Crippen molar-refractivity contribution >= 4 is 17.7 Å². The van der Waals surface area contributed by atoms with Crippen LogP contribution >= 0.6 is 0 Å². The van der Waals surface area contributed by atoms with Gasteiger partial charge in [0.2, 0.25) is 5.91 Å². The summed E-state index contributed by atoms with van der Waals surface area (Å²) in [6.07, 6.45) is 2.61. The number of carbonyl (C=O) groups is 2. The molecule has 0 saturated heterocycles. The van der Waals surface area contributed by atoms with Crippen molar-refractivity contribution in [3.05, 3.63) is 11.6 Å². The molecule has 0 aromatic rings. The Hall–Kier alpha value is -1.93. The zero-order valence-corrected chi connectivity index (χ0v) is 14.6. The average molecular weight is 341 g/mol. The molecule has 1 aliphatic rings. The highest BCUT2D eigenvalue weighted by Crippen LogP contribution is 2.26. The van der Waals surface area contributed by atoms with E-state index in [0.29, 0.717) is 0 Å². The maximum Gasteiger partial charge on any atom is 0.331 e. The summed E-state index contributed by atoms with van der Waals surface area (Å²) in [5.74, 6) is -1.05. The Kier molecular flexibility index (Phi) is 7.87. The largest absolute Gasteiger partial charge is 0.478 e. The molecule has 8 heteroatoms. The number of hydrogen-bond donors (Lipinski definition) is 4. The van der Waals surface area contributed by atoms with Gasteiger partial charge >= 0.3 is 5.97 Å². The van der Waals surface area contributed by atoms with Gasteiger partial charge in [-0.05, 0) is 25.8 Å². The van der Waals surface area contributed by atoms with Crippen LogP contribution in [0.15, 0.2) is 16.6 Å². The third kappa shape index (κ3) is 5.61. The van der Waals surface area contributed by atoms with E-state index in [1.54, 1.807) is 13.0 Å². The molecule has 1 aliphatic carbocycles. The minimum Gasteiger partial charge on any atom is -0.478 e. The van der Waals surface area contributed by atoms with Gasteiger partial charge in [0.15, 0.2) is 0 Å². The van der Waals surface area contributed by atoms with E-state index in [0.717, 1.165) is 12.8 Å². The summed E-state index contributed by atoms with van der Waals surface area (Å²) in [4.78, 5) is 27.3. The smallest absolute Gasteiger partial charge is 0.331 e. The highest BCUT2D eigenvalue weighted by Gasteiger charge is 2.37. The Morgan fingerprint density at radius 2 is 2.00 bits per heavy atom. The van der Waals surface area contributed by atoms with Crippen LogP contribution in [0.2, 0.25) is 0 Å². The summed E-state index contributed by atoms with van der Waals surface area (Å²) in [6, 6.07) is -1.06. The number of nitrogens with one attached hydrogen (secondary N) is 2. The van der Waals surface area contributed by atoms with Crippen LogP contribution in [-0.4, -0.2) is 52.3 Å². The van der Waals surface area contributed by atoms with Gasteiger partial charge in [-0.2, -0.15) is 0 Å². The fourth-order valence-electron chi connectivity index (χ4n) is 2.74. The van der Waals surface area contributed by atoms with E-state index in [1.165, 1.54) is 6.92 Å². The number of hydrogen-bond acceptors (Lipinski definition) is 5. The van der Waals surface area contributed by atoms with E-state index < -0.39 is 24.2 Å². The monoisotopic (exact) mass is 341 g/mol. The second-order valence-electron chi connectivity index (χ2n) is 5.86. The molecule has 0 saturated carbocycles. The van der Waals surface area contributed by atoms with E-state index in [1.807, 2.05) is 19.3 Å². The molecular weight excluding hydrogens is 314 g/mol. The molecule has 0 bridgehead atoms. The third-order valence-electron chi connectivity index (χ3n) is 3.99. The molecule has 1 rings (SSSR count). The predicted molar refractivity (Wildman–Crippen MR) is 89.0 cm³/mol. The maximum atomic E-state index is 11.6. The van der Waals surface area contributed by atoms with Crippen molar-refractivity contribution in [2.45, 2.75) is 71.2 Å². The highest BCUT2D eigenvalue weighted by molar-refractivity contribution is 5.87. The quantitative estimate of drug-likeness (QED) is 0.314. The molecule has 0 aliphatic heterocycles. The van der Waals surface area contributed by atoms with Crippen molar-refractivity contribution in [1.29, 1.82) is 0 Å².